The van der Waals surface area contributed by atoms with Crippen molar-refractivity contribution in [2.75, 3.05) is 11.1 Å². The van der Waals surface area contributed by atoms with Crippen molar-refractivity contribution in [3.8, 4) is 0 Å². The first-order valence-electron chi connectivity index (χ1n) is 4.59. The van der Waals surface area contributed by atoms with Gasteiger partial charge in [-0.3, -0.25) is 0 Å². The fraction of sp³-hybridized carbons (Fsp3) is 0. The molecule has 82 valence electrons. The van der Waals surface area contributed by atoms with Crippen LogP contribution in [0.25, 0.3) is 0 Å². The molecule has 3 N–H and O–H groups in total. The Hall–Kier alpha value is -1.81. The van der Waals surface area contributed by atoms with Gasteiger partial charge in [0, 0.05) is 17.6 Å². The van der Waals surface area contributed by atoms with Gasteiger partial charge >= 0.3 is 0 Å². The number of benzene rings is 1. The highest BCUT2D eigenvalue weighted by molar-refractivity contribution is 6.30. The Morgan fingerprint density at radius 1 is 1.25 bits per heavy atom. The molecule has 0 aliphatic carbocycles. The lowest BCUT2D eigenvalue weighted by Gasteiger charge is -2.06. The molecule has 0 saturated heterocycles. The van der Waals surface area contributed by atoms with Gasteiger partial charge in [-0.15, -0.1) is 0 Å². The molecule has 3 nitrogen and oxygen atoms in total. The maximum atomic E-state index is 13.4. The summed E-state index contributed by atoms with van der Waals surface area (Å²) in [5.74, 6) is -0.363. The third-order valence-electron chi connectivity index (χ3n) is 1.98. The highest BCUT2D eigenvalue weighted by Crippen LogP contribution is 2.20. The number of hydrogen-bond acceptors (Lipinski definition) is 3. The lowest BCUT2D eigenvalue weighted by Crippen LogP contribution is -1.97. The van der Waals surface area contributed by atoms with Gasteiger partial charge in [-0.05, 0) is 30.3 Å². The zero-order valence-corrected chi connectivity index (χ0v) is 9.00. The number of hydrogen-bond donors (Lipinski definition) is 2. The number of aromatic nitrogens is 1. The third kappa shape index (κ3) is 2.41. The number of nitrogens with one attached hydrogen (secondary N) is 1. The molecule has 0 atom stereocenters. The Balaban J connectivity index is 2.23. The van der Waals surface area contributed by atoms with Crippen LogP contribution in [0.3, 0.4) is 0 Å². The van der Waals surface area contributed by atoms with Gasteiger partial charge in [0.05, 0.1) is 5.02 Å². The molecule has 0 saturated carbocycles. The maximum absolute atomic E-state index is 13.4. The van der Waals surface area contributed by atoms with Crippen molar-refractivity contribution in [3.63, 3.8) is 0 Å². The molecule has 1 aromatic carbocycles. The Morgan fingerprint density at radius 3 is 2.56 bits per heavy atom. The highest BCUT2D eigenvalue weighted by atomic mass is 35.5. The van der Waals surface area contributed by atoms with Crippen LogP contribution >= 0.6 is 11.6 Å². The number of anilines is 3. The Morgan fingerprint density at radius 2 is 1.94 bits per heavy atom. The molecule has 16 heavy (non-hydrogen) atoms. The van der Waals surface area contributed by atoms with Crippen LogP contribution in [-0.2, 0) is 0 Å². The van der Waals surface area contributed by atoms with Gasteiger partial charge in [-0.1, -0.05) is 11.6 Å². The molecule has 0 radical (unpaired) electrons. The van der Waals surface area contributed by atoms with Gasteiger partial charge in [-0.2, -0.15) is 0 Å². The van der Waals surface area contributed by atoms with Crippen molar-refractivity contribution in [1.82, 2.24) is 4.98 Å². The molecule has 0 unspecified atom stereocenters. The zero-order chi connectivity index (χ0) is 11.5. The molecule has 1 heterocycles. The first-order valence-corrected chi connectivity index (χ1v) is 4.96. The quantitative estimate of drug-likeness (QED) is 0.789. The molecule has 5 heteroatoms. The van der Waals surface area contributed by atoms with Gasteiger partial charge < -0.3 is 11.1 Å². The van der Waals surface area contributed by atoms with E-state index in [0.29, 0.717) is 11.4 Å². The van der Waals surface area contributed by atoms with Crippen LogP contribution in [0.1, 0.15) is 0 Å². The van der Waals surface area contributed by atoms with Gasteiger partial charge in [0.25, 0.3) is 0 Å². The second-order valence-electron chi connectivity index (χ2n) is 3.23. The Labute approximate surface area is 97.1 Å². The summed E-state index contributed by atoms with van der Waals surface area (Å²) in [6, 6.07) is 8.12. The predicted octanol–water partition coefficient (Wildman–Crippen LogP) is 3.20. The third-order valence-corrected chi connectivity index (χ3v) is 2.19. The molecule has 1 aromatic heterocycles. The number of nitrogen functional groups attached to an aromatic ring is 1. The Bertz CT molecular complexity index is 499. The van der Waals surface area contributed by atoms with E-state index in [1.165, 1.54) is 12.3 Å². The van der Waals surface area contributed by atoms with E-state index in [2.05, 4.69) is 10.3 Å². The van der Waals surface area contributed by atoms with E-state index in [1.807, 2.05) is 0 Å². The number of nitrogens with two attached hydrogens (primary N) is 1. The predicted molar refractivity (Wildman–Crippen MR) is 63.3 cm³/mol. The van der Waals surface area contributed by atoms with Crippen LogP contribution in [0.4, 0.5) is 21.6 Å². The molecular formula is C11H9ClFN3. The van der Waals surface area contributed by atoms with E-state index in [1.54, 1.807) is 24.3 Å². The Kier molecular flexibility index (Phi) is 2.92. The lowest BCUT2D eigenvalue weighted by atomic mass is 10.3. The minimum absolute atomic E-state index is 0.133. The minimum atomic E-state index is -0.496. The molecule has 0 fully saturated rings. The van der Waals surface area contributed by atoms with Crippen molar-refractivity contribution >= 4 is 28.8 Å². The van der Waals surface area contributed by atoms with E-state index in [0.717, 1.165) is 0 Å². The summed E-state index contributed by atoms with van der Waals surface area (Å²) in [6.45, 7) is 0. The van der Waals surface area contributed by atoms with E-state index >= 15 is 0 Å². The van der Waals surface area contributed by atoms with E-state index < -0.39 is 5.82 Å². The van der Waals surface area contributed by atoms with Crippen LogP contribution in [0, 0.1) is 5.82 Å². The van der Waals surface area contributed by atoms with Gasteiger partial charge in [0.2, 0.25) is 0 Å². The van der Waals surface area contributed by atoms with Gasteiger partial charge in [-0.25, -0.2) is 9.37 Å². The van der Waals surface area contributed by atoms with Crippen LogP contribution in [0.2, 0.25) is 5.02 Å². The summed E-state index contributed by atoms with van der Waals surface area (Å²) in [6.07, 6.45) is 1.38. The molecule has 0 bridgehead atoms. The monoisotopic (exact) mass is 237 g/mol. The summed E-state index contributed by atoms with van der Waals surface area (Å²) in [5.41, 5.74) is 6.89. The molecule has 0 spiro atoms. The van der Waals surface area contributed by atoms with E-state index in [4.69, 9.17) is 17.3 Å². The summed E-state index contributed by atoms with van der Waals surface area (Å²) in [7, 11) is 0. The fourth-order valence-corrected chi connectivity index (χ4v) is 1.35. The maximum Gasteiger partial charge on any atom is 0.167 e. The first kappa shape index (κ1) is 10.7. The van der Waals surface area contributed by atoms with Crippen molar-refractivity contribution in [1.29, 1.82) is 0 Å². The van der Waals surface area contributed by atoms with E-state index in [-0.39, 0.29) is 10.8 Å². The van der Waals surface area contributed by atoms with Crippen LogP contribution in [0.5, 0.6) is 0 Å². The van der Waals surface area contributed by atoms with Crippen molar-refractivity contribution in [3.05, 3.63) is 47.4 Å². The molecule has 2 aromatic rings. The fourth-order valence-electron chi connectivity index (χ4n) is 1.21. The molecule has 0 amide bonds. The van der Waals surface area contributed by atoms with Crippen molar-refractivity contribution in [2.45, 2.75) is 0 Å². The number of nitrogens with zero attached hydrogens (tertiary/aromatic N) is 1. The summed E-state index contributed by atoms with van der Waals surface area (Å²) in [4.78, 5) is 3.85. The zero-order valence-electron chi connectivity index (χ0n) is 8.24. The van der Waals surface area contributed by atoms with Crippen LogP contribution < -0.4 is 11.1 Å². The summed E-state index contributed by atoms with van der Waals surface area (Å²) in [5, 5.41) is 3.09. The molecular weight excluding hydrogens is 229 g/mol. The van der Waals surface area contributed by atoms with Gasteiger partial charge in [0.15, 0.2) is 11.6 Å². The average Bonchev–Trinajstić information content (AvgIpc) is 2.25. The second-order valence-corrected chi connectivity index (χ2v) is 3.67. The lowest BCUT2D eigenvalue weighted by molar-refractivity contribution is 0.626. The smallest absolute Gasteiger partial charge is 0.167 e. The van der Waals surface area contributed by atoms with Crippen molar-refractivity contribution in [2.24, 2.45) is 0 Å². The average molecular weight is 238 g/mol. The normalized spacial score (nSPS) is 10.1. The minimum Gasteiger partial charge on any atom is -0.399 e. The molecule has 0 aliphatic heterocycles. The largest absolute Gasteiger partial charge is 0.399 e. The number of halogens is 2. The van der Waals surface area contributed by atoms with Crippen molar-refractivity contribution < 1.29 is 4.39 Å². The standard InChI is InChI=1S/C11H9ClFN3/c12-7-5-10(13)11(15-6-7)16-9-3-1-8(14)2-4-9/h1-6H,14H2,(H,15,16). The van der Waals surface area contributed by atoms with Crippen LogP contribution in [0.15, 0.2) is 36.5 Å². The van der Waals surface area contributed by atoms with Gasteiger partial charge in [0.1, 0.15) is 0 Å². The highest BCUT2D eigenvalue weighted by Gasteiger charge is 2.04. The second kappa shape index (κ2) is 4.37. The molecule has 0 aliphatic rings. The first-order chi connectivity index (χ1) is 7.65. The summed E-state index contributed by atoms with van der Waals surface area (Å²) < 4.78 is 13.4. The molecule has 2 rings (SSSR count). The number of pyridine rings is 1. The number of rotatable bonds is 2. The summed E-state index contributed by atoms with van der Waals surface area (Å²) >= 11 is 5.59. The topological polar surface area (TPSA) is 50.9 Å². The SMILES string of the molecule is Nc1ccc(Nc2ncc(Cl)cc2F)cc1. The van der Waals surface area contributed by atoms with E-state index in [9.17, 15) is 4.39 Å². The van der Waals surface area contributed by atoms with Crippen LogP contribution in [-0.4, -0.2) is 4.98 Å².